The van der Waals surface area contributed by atoms with Gasteiger partial charge in [-0.2, -0.15) is 0 Å². The normalized spacial score (nSPS) is 34.8. The van der Waals surface area contributed by atoms with Crippen LogP contribution in [0.5, 0.6) is 0 Å². The fourth-order valence-electron chi connectivity index (χ4n) is 2.19. The lowest BCUT2D eigenvalue weighted by atomic mass is 9.97. The Hall–Kier alpha value is -0.890. The van der Waals surface area contributed by atoms with E-state index in [1.807, 2.05) is 13.8 Å². The van der Waals surface area contributed by atoms with Gasteiger partial charge in [0.25, 0.3) is 0 Å². The van der Waals surface area contributed by atoms with Crippen molar-refractivity contribution in [2.24, 2.45) is 5.11 Å². The Bertz CT molecular complexity index is 311. The smallest absolute Gasteiger partial charge is 0.169 e. The number of methoxy groups -OCH3 is 1. The highest BCUT2D eigenvalue weighted by Crippen LogP contribution is 2.28. The summed E-state index contributed by atoms with van der Waals surface area (Å²) in [7, 11) is 1.50. The van der Waals surface area contributed by atoms with Crippen molar-refractivity contribution in [3.63, 3.8) is 0 Å². The summed E-state index contributed by atoms with van der Waals surface area (Å²) in [6.07, 6.45) is -2.37. The monoisotopic (exact) mass is 275 g/mol. The lowest BCUT2D eigenvalue weighted by Crippen LogP contribution is -2.60. The standard InChI is InChI=1S/C11H21N3O5/c1-4-17-10-8(13-14-12)11(18-5-2)19-7(6-15)9(10)16-3/h7-11,15H,4-6H2,1-3H3/t7?,8?,9-,10+,11?/m0/s1. The third-order valence-corrected chi connectivity index (χ3v) is 2.94. The van der Waals surface area contributed by atoms with Crippen LogP contribution in [-0.4, -0.2) is 62.7 Å². The van der Waals surface area contributed by atoms with E-state index in [1.165, 1.54) is 7.11 Å². The minimum absolute atomic E-state index is 0.228. The molecular formula is C11H21N3O5. The zero-order valence-corrected chi connectivity index (χ0v) is 11.4. The van der Waals surface area contributed by atoms with Crippen LogP contribution in [0.4, 0.5) is 0 Å². The summed E-state index contributed by atoms with van der Waals surface area (Å²) in [5, 5.41) is 13.1. The summed E-state index contributed by atoms with van der Waals surface area (Å²) in [6, 6.07) is -0.655. The zero-order valence-electron chi connectivity index (χ0n) is 11.4. The molecule has 0 amide bonds. The fourth-order valence-corrected chi connectivity index (χ4v) is 2.19. The van der Waals surface area contributed by atoms with E-state index in [-0.39, 0.29) is 6.61 Å². The van der Waals surface area contributed by atoms with Gasteiger partial charge in [-0.3, -0.25) is 0 Å². The third-order valence-electron chi connectivity index (χ3n) is 2.94. The molecule has 3 unspecified atom stereocenters. The van der Waals surface area contributed by atoms with Gasteiger partial charge in [0.15, 0.2) is 6.29 Å². The summed E-state index contributed by atoms with van der Waals surface area (Å²) in [4.78, 5) is 2.81. The van der Waals surface area contributed by atoms with E-state index >= 15 is 0 Å². The number of azide groups is 1. The second kappa shape index (κ2) is 8.31. The molecule has 0 aromatic rings. The van der Waals surface area contributed by atoms with E-state index in [1.54, 1.807) is 0 Å². The first kappa shape index (κ1) is 16.2. The van der Waals surface area contributed by atoms with Crippen LogP contribution in [0.2, 0.25) is 0 Å². The first-order valence-electron chi connectivity index (χ1n) is 6.29. The van der Waals surface area contributed by atoms with Crippen molar-refractivity contribution < 1.29 is 24.1 Å². The SMILES string of the molecule is CCOC1OC(CO)[C@H](OC)[C@H](OCC)C1N=[N+]=[N-]. The molecule has 0 spiro atoms. The predicted octanol–water partition coefficient (Wildman–Crippen LogP) is 0.839. The van der Waals surface area contributed by atoms with Gasteiger partial charge in [0.05, 0.1) is 12.7 Å². The van der Waals surface area contributed by atoms with Crippen molar-refractivity contribution >= 4 is 0 Å². The molecule has 1 N–H and O–H groups in total. The molecule has 0 radical (unpaired) electrons. The Kier molecular flexibility index (Phi) is 7.07. The highest BCUT2D eigenvalue weighted by molar-refractivity contribution is 4.95. The van der Waals surface area contributed by atoms with E-state index in [9.17, 15) is 5.11 Å². The zero-order chi connectivity index (χ0) is 14.3. The van der Waals surface area contributed by atoms with Crippen LogP contribution in [-0.2, 0) is 18.9 Å². The number of rotatable bonds is 7. The molecule has 8 nitrogen and oxygen atoms in total. The van der Waals surface area contributed by atoms with Crippen LogP contribution in [0.1, 0.15) is 13.8 Å². The Balaban J connectivity index is 3.00. The minimum Gasteiger partial charge on any atom is -0.394 e. The maximum Gasteiger partial charge on any atom is 0.169 e. The van der Waals surface area contributed by atoms with Gasteiger partial charge in [-0.25, -0.2) is 0 Å². The van der Waals surface area contributed by atoms with Gasteiger partial charge in [0.1, 0.15) is 18.2 Å². The molecule has 110 valence electrons. The second-order valence-electron chi connectivity index (χ2n) is 4.00. The van der Waals surface area contributed by atoms with Crippen LogP contribution >= 0.6 is 0 Å². The van der Waals surface area contributed by atoms with E-state index in [0.29, 0.717) is 13.2 Å². The Morgan fingerprint density at radius 2 is 1.95 bits per heavy atom. The maximum absolute atomic E-state index is 9.36. The molecule has 0 aliphatic carbocycles. The van der Waals surface area contributed by atoms with Crippen LogP contribution in [0, 0.1) is 0 Å². The molecule has 0 bridgehead atoms. The van der Waals surface area contributed by atoms with Crippen LogP contribution in [0.25, 0.3) is 10.4 Å². The Labute approximate surface area is 112 Å². The largest absolute Gasteiger partial charge is 0.394 e. The maximum atomic E-state index is 9.36. The van der Waals surface area contributed by atoms with E-state index < -0.39 is 30.6 Å². The number of hydrogen-bond donors (Lipinski definition) is 1. The average molecular weight is 275 g/mol. The molecule has 1 heterocycles. The van der Waals surface area contributed by atoms with E-state index in [2.05, 4.69) is 10.0 Å². The van der Waals surface area contributed by atoms with E-state index in [4.69, 9.17) is 24.5 Å². The van der Waals surface area contributed by atoms with Gasteiger partial charge in [-0.15, -0.1) is 0 Å². The Morgan fingerprint density at radius 3 is 2.42 bits per heavy atom. The first-order chi connectivity index (χ1) is 9.23. The highest BCUT2D eigenvalue weighted by atomic mass is 16.7. The summed E-state index contributed by atoms with van der Waals surface area (Å²) in [6.45, 7) is 4.24. The van der Waals surface area contributed by atoms with Crippen LogP contribution in [0.3, 0.4) is 0 Å². The van der Waals surface area contributed by atoms with Crippen molar-refractivity contribution in [1.82, 2.24) is 0 Å². The summed E-state index contributed by atoms with van der Waals surface area (Å²) < 4.78 is 21.9. The topological polar surface area (TPSA) is 106 Å². The van der Waals surface area contributed by atoms with Gasteiger partial charge in [-0.05, 0) is 19.4 Å². The van der Waals surface area contributed by atoms with Crippen LogP contribution in [0.15, 0.2) is 5.11 Å². The second-order valence-corrected chi connectivity index (χ2v) is 4.00. The lowest BCUT2D eigenvalue weighted by Gasteiger charge is -2.43. The van der Waals surface area contributed by atoms with Crippen molar-refractivity contribution in [1.29, 1.82) is 0 Å². The first-order valence-corrected chi connectivity index (χ1v) is 6.29. The Morgan fingerprint density at radius 1 is 1.26 bits per heavy atom. The van der Waals surface area contributed by atoms with Crippen molar-refractivity contribution in [2.45, 2.75) is 44.5 Å². The highest BCUT2D eigenvalue weighted by Gasteiger charge is 2.46. The number of nitrogens with zero attached hydrogens (tertiary/aromatic N) is 3. The number of hydrogen-bond acceptors (Lipinski definition) is 6. The summed E-state index contributed by atoms with van der Waals surface area (Å²) >= 11 is 0. The summed E-state index contributed by atoms with van der Waals surface area (Å²) in [5.74, 6) is 0. The molecule has 1 rings (SSSR count). The van der Waals surface area contributed by atoms with Crippen molar-refractivity contribution in [3.05, 3.63) is 10.4 Å². The molecule has 5 atom stereocenters. The number of aliphatic hydroxyl groups excluding tert-OH is 1. The molecule has 1 saturated heterocycles. The fraction of sp³-hybridized carbons (Fsp3) is 1.00. The number of aliphatic hydroxyl groups is 1. The molecule has 8 heteroatoms. The van der Waals surface area contributed by atoms with Gasteiger partial charge >= 0.3 is 0 Å². The van der Waals surface area contributed by atoms with Crippen molar-refractivity contribution in [2.75, 3.05) is 26.9 Å². The predicted molar refractivity (Wildman–Crippen MR) is 66.5 cm³/mol. The summed E-state index contributed by atoms with van der Waals surface area (Å²) in [5.41, 5.74) is 8.67. The molecule has 19 heavy (non-hydrogen) atoms. The number of ether oxygens (including phenoxy) is 4. The van der Waals surface area contributed by atoms with E-state index in [0.717, 1.165) is 0 Å². The quantitative estimate of drug-likeness (QED) is 0.421. The third kappa shape index (κ3) is 3.79. The minimum atomic E-state index is -0.749. The molecule has 0 aromatic heterocycles. The van der Waals surface area contributed by atoms with Crippen molar-refractivity contribution in [3.8, 4) is 0 Å². The van der Waals surface area contributed by atoms with Gasteiger partial charge in [0, 0.05) is 25.2 Å². The van der Waals surface area contributed by atoms with Crippen LogP contribution < -0.4 is 0 Å². The molecule has 0 aromatic carbocycles. The van der Waals surface area contributed by atoms with Gasteiger partial charge < -0.3 is 24.1 Å². The lowest BCUT2D eigenvalue weighted by molar-refractivity contribution is -0.275. The molecule has 1 fully saturated rings. The average Bonchev–Trinajstić information content (AvgIpc) is 2.42. The van der Waals surface area contributed by atoms with Gasteiger partial charge in [0.2, 0.25) is 0 Å². The molecule has 0 saturated carbocycles. The molecule has 1 aliphatic heterocycles. The molecule has 1 aliphatic rings. The van der Waals surface area contributed by atoms with Gasteiger partial charge in [-0.1, -0.05) is 5.11 Å². The molecular weight excluding hydrogens is 254 g/mol.